The molecule has 0 fully saturated rings. The van der Waals surface area contributed by atoms with Gasteiger partial charge in [-0.15, -0.1) is 0 Å². The zero-order valence-electron chi connectivity index (χ0n) is 28.1. The molecule has 0 saturated heterocycles. The number of ketones is 2. The first-order valence-corrected chi connectivity index (χ1v) is 15.9. The molecule has 0 aliphatic rings. The van der Waals surface area contributed by atoms with Gasteiger partial charge in [-0.05, 0) is 77.9 Å². The van der Waals surface area contributed by atoms with Crippen molar-refractivity contribution in [3.05, 3.63) is 57.6 Å². The van der Waals surface area contributed by atoms with Crippen molar-refractivity contribution in [1.29, 1.82) is 0 Å². The molecule has 16 heteroatoms. The lowest BCUT2D eigenvalue weighted by Crippen LogP contribution is -2.45. The molecule has 0 aliphatic heterocycles. The number of halogens is 2. The Kier molecular flexibility index (Phi) is 14.7. The number of alkyl carbamates (subject to hydrolysis) is 2. The number of Topliss-reactive ketones (excluding diaryl/α,β-unsaturated/α-hetero) is 2. The SMILES string of the molecule is CC(C)(C)OC(=O)NC(CC(=O)c1ccc(Cl)cc1N)C(=O)OCCCOC(=O)C(CC(=O)c1ccc(Cl)cc1N)NC(=O)OC(C)(C)C. The fourth-order valence-corrected chi connectivity index (χ4v) is 4.42. The number of hydrogen-bond acceptors (Lipinski definition) is 12. The lowest BCUT2D eigenvalue weighted by atomic mass is 10.0. The maximum atomic E-state index is 13.0. The van der Waals surface area contributed by atoms with Gasteiger partial charge in [0.25, 0.3) is 0 Å². The second-order valence-electron chi connectivity index (χ2n) is 12.8. The second-order valence-corrected chi connectivity index (χ2v) is 13.7. The molecule has 49 heavy (non-hydrogen) atoms. The van der Waals surface area contributed by atoms with Crippen molar-refractivity contribution in [3.63, 3.8) is 0 Å². The van der Waals surface area contributed by atoms with E-state index < -0.39 is 71.8 Å². The van der Waals surface area contributed by atoms with Crippen molar-refractivity contribution >= 4 is 70.3 Å². The molecule has 14 nitrogen and oxygen atoms in total. The van der Waals surface area contributed by atoms with Crippen LogP contribution in [0.3, 0.4) is 0 Å². The molecule has 268 valence electrons. The van der Waals surface area contributed by atoms with Gasteiger partial charge in [-0.1, -0.05) is 23.2 Å². The van der Waals surface area contributed by atoms with Crippen LogP contribution >= 0.6 is 23.2 Å². The minimum absolute atomic E-state index is 0.0219. The Morgan fingerprint density at radius 3 is 1.31 bits per heavy atom. The van der Waals surface area contributed by atoms with Crippen molar-refractivity contribution in [2.45, 2.75) is 84.1 Å². The average molecular weight is 726 g/mol. The van der Waals surface area contributed by atoms with Crippen LogP contribution < -0.4 is 22.1 Å². The van der Waals surface area contributed by atoms with E-state index in [1.807, 2.05) is 0 Å². The highest BCUT2D eigenvalue weighted by Gasteiger charge is 2.31. The number of amides is 2. The van der Waals surface area contributed by atoms with Crippen LogP contribution in [0.5, 0.6) is 0 Å². The Labute approximate surface area is 294 Å². The Morgan fingerprint density at radius 1 is 0.653 bits per heavy atom. The summed E-state index contributed by atoms with van der Waals surface area (Å²) in [5.41, 5.74) is 10.4. The largest absolute Gasteiger partial charge is 0.464 e. The van der Waals surface area contributed by atoms with E-state index in [9.17, 15) is 28.8 Å². The molecule has 2 unspecified atom stereocenters. The average Bonchev–Trinajstić information content (AvgIpc) is 2.93. The van der Waals surface area contributed by atoms with Gasteiger partial charge >= 0.3 is 24.1 Å². The van der Waals surface area contributed by atoms with Crippen molar-refractivity contribution in [2.75, 3.05) is 24.7 Å². The summed E-state index contributed by atoms with van der Waals surface area (Å²) in [5.74, 6) is -3.07. The zero-order chi connectivity index (χ0) is 37.1. The summed E-state index contributed by atoms with van der Waals surface area (Å²) in [5, 5.41) is 5.30. The minimum atomic E-state index is -1.45. The third kappa shape index (κ3) is 14.6. The highest BCUT2D eigenvalue weighted by atomic mass is 35.5. The molecule has 0 spiro atoms. The molecule has 2 aromatic carbocycles. The van der Waals surface area contributed by atoms with E-state index in [0.717, 1.165) is 0 Å². The van der Waals surface area contributed by atoms with Crippen LogP contribution in [-0.4, -0.2) is 72.2 Å². The first-order chi connectivity index (χ1) is 22.6. The Hall–Kier alpha value is -4.56. The van der Waals surface area contributed by atoms with Crippen LogP contribution in [0, 0.1) is 0 Å². The van der Waals surface area contributed by atoms with Crippen molar-refractivity contribution in [2.24, 2.45) is 0 Å². The van der Waals surface area contributed by atoms with Crippen LogP contribution in [-0.2, 0) is 28.5 Å². The molecule has 0 aliphatic carbocycles. The van der Waals surface area contributed by atoms with E-state index in [-0.39, 0.29) is 42.1 Å². The van der Waals surface area contributed by atoms with Crippen molar-refractivity contribution in [1.82, 2.24) is 10.6 Å². The van der Waals surface area contributed by atoms with Gasteiger partial charge in [-0.2, -0.15) is 0 Å². The summed E-state index contributed by atoms with van der Waals surface area (Å²) in [6, 6.07) is 5.56. The molecule has 2 amide bonds. The third-order valence-corrected chi connectivity index (χ3v) is 6.61. The lowest BCUT2D eigenvalue weighted by molar-refractivity contribution is -0.148. The highest BCUT2D eigenvalue weighted by Crippen LogP contribution is 2.22. The van der Waals surface area contributed by atoms with E-state index in [1.165, 1.54) is 36.4 Å². The molecule has 0 saturated carbocycles. The molecule has 0 bridgehead atoms. The molecule has 2 rings (SSSR count). The molecule has 0 aromatic heterocycles. The predicted molar refractivity (Wildman–Crippen MR) is 182 cm³/mol. The maximum Gasteiger partial charge on any atom is 0.408 e. The van der Waals surface area contributed by atoms with Crippen LogP contribution in [0.4, 0.5) is 21.0 Å². The number of hydrogen-bond donors (Lipinski definition) is 4. The van der Waals surface area contributed by atoms with Gasteiger partial charge in [-0.3, -0.25) is 9.59 Å². The fraction of sp³-hybridized carbons (Fsp3) is 0.455. The number of carbonyl (C=O) groups is 6. The van der Waals surface area contributed by atoms with E-state index in [2.05, 4.69) is 10.6 Å². The van der Waals surface area contributed by atoms with Gasteiger partial charge in [0, 0.05) is 51.8 Å². The number of rotatable bonds is 14. The molecular formula is C33H42Cl2N4O10. The van der Waals surface area contributed by atoms with Crippen molar-refractivity contribution < 1.29 is 47.7 Å². The molecule has 0 radical (unpaired) electrons. The Morgan fingerprint density at radius 2 is 1.00 bits per heavy atom. The van der Waals surface area contributed by atoms with Gasteiger partial charge < -0.3 is 41.0 Å². The summed E-state index contributed by atoms with van der Waals surface area (Å²) in [4.78, 5) is 76.8. The van der Waals surface area contributed by atoms with Crippen LogP contribution in [0.15, 0.2) is 36.4 Å². The molecule has 2 atom stereocenters. The molecule has 6 N–H and O–H groups in total. The zero-order valence-corrected chi connectivity index (χ0v) is 29.7. The normalized spacial score (nSPS) is 12.6. The molecule has 2 aromatic rings. The number of nitrogens with one attached hydrogen (secondary N) is 2. The van der Waals surface area contributed by atoms with Gasteiger partial charge in [0.05, 0.1) is 13.2 Å². The number of carbonyl (C=O) groups excluding carboxylic acids is 6. The number of nitrogens with two attached hydrogens (primary N) is 2. The first kappa shape index (κ1) is 40.6. The summed E-state index contributed by atoms with van der Waals surface area (Å²) >= 11 is 11.8. The third-order valence-electron chi connectivity index (χ3n) is 6.14. The lowest BCUT2D eigenvalue weighted by Gasteiger charge is -2.23. The monoisotopic (exact) mass is 724 g/mol. The first-order valence-electron chi connectivity index (χ1n) is 15.1. The number of benzene rings is 2. The maximum absolute atomic E-state index is 13.0. The van der Waals surface area contributed by atoms with Crippen LogP contribution in [0.1, 0.15) is 81.5 Å². The van der Waals surface area contributed by atoms with Crippen LogP contribution in [0.2, 0.25) is 10.0 Å². The number of ether oxygens (including phenoxy) is 4. The van der Waals surface area contributed by atoms with Gasteiger partial charge in [0.2, 0.25) is 0 Å². The standard InChI is InChI=1S/C33H42Cl2N4O10/c1-32(2,3)48-30(44)38-24(16-26(40)20-10-8-18(34)14-22(20)36)28(42)46-12-7-13-47-29(43)25(39-31(45)49-33(4,5)6)17-27(41)21-11-9-19(35)15-23(21)37/h8-11,14-15,24-25H,7,12-13,16-17,36-37H2,1-6H3,(H,38,44)(H,39,45). The summed E-state index contributed by atoms with van der Waals surface area (Å²) in [6.45, 7) is 9.15. The summed E-state index contributed by atoms with van der Waals surface area (Å²) < 4.78 is 20.9. The fourth-order valence-electron chi connectivity index (χ4n) is 4.06. The smallest absolute Gasteiger partial charge is 0.408 e. The number of esters is 2. The molecule has 0 heterocycles. The van der Waals surface area contributed by atoms with E-state index in [0.29, 0.717) is 10.0 Å². The highest BCUT2D eigenvalue weighted by molar-refractivity contribution is 6.31. The predicted octanol–water partition coefficient (Wildman–Crippen LogP) is 5.27. The quantitative estimate of drug-likeness (QED) is 0.0645. The second kappa shape index (κ2) is 17.7. The number of nitrogen functional groups attached to an aromatic ring is 2. The van der Waals surface area contributed by atoms with Crippen molar-refractivity contribution in [3.8, 4) is 0 Å². The summed E-state index contributed by atoms with van der Waals surface area (Å²) in [6.07, 6.45) is -2.96. The van der Waals surface area contributed by atoms with E-state index >= 15 is 0 Å². The molecular weight excluding hydrogens is 683 g/mol. The Bertz CT molecular complexity index is 1440. The van der Waals surface area contributed by atoms with Gasteiger partial charge in [-0.25, -0.2) is 19.2 Å². The number of anilines is 2. The Balaban J connectivity index is 2.05. The van der Waals surface area contributed by atoms with Gasteiger partial charge in [0.15, 0.2) is 11.6 Å². The topological polar surface area (TPSA) is 215 Å². The summed E-state index contributed by atoms with van der Waals surface area (Å²) in [7, 11) is 0. The van der Waals surface area contributed by atoms with E-state index in [1.54, 1.807) is 41.5 Å². The minimum Gasteiger partial charge on any atom is -0.464 e. The van der Waals surface area contributed by atoms with E-state index in [4.69, 9.17) is 53.6 Å². The van der Waals surface area contributed by atoms with Gasteiger partial charge in [0.1, 0.15) is 23.3 Å². The van der Waals surface area contributed by atoms with Crippen LogP contribution in [0.25, 0.3) is 0 Å².